The van der Waals surface area contributed by atoms with Crippen molar-refractivity contribution >= 4 is 27.6 Å². The van der Waals surface area contributed by atoms with E-state index < -0.39 is 5.41 Å². The first-order chi connectivity index (χ1) is 9.33. The van der Waals surface area contributed by atoms with Gasteiger partial charge in [-0.3, -0.25) is 0 Å². The van der Waals surface area contributed by atoms with Crippen LogP contribution in [0.4, 0.5) is 10.5 Å². The summed E-state index contributed by atoms with van der Waals surface area (Å²) in [7, 11) is 1.63. The Morgan fingerprint density at radius 2 is 2.00 bits per heavy atom. The van der Waals surface area contributed by atoms with Crippen molar-refractivity contribution in [3.63, 3.8) is 0 Å². The molecule has 0 fully saturated rings. The number of benzene rings is 1. The number of aliphatic hydroxyl groups is 2. The minimum atomic E-state index is -0.710. The Hall–Kier alpha value is -1.11. The van der Waals surface area contributed by atoms with Crippen LogP contribution in [0.25, 0.3) is 0 Å². The van der Waals surface area contributed by atoms with Crippen LogP contribution in [0.1, 0.15) is 12.5 Å². The molecule has 1 aromatic carbocycles. The summed E-state index contributed by atoms with van der Waals surface area (Å²) < 4.78 is 0.925. The molecular weight excluding hydrogens is 324 g/mol. The average molecular weight is 345 g/mol. The highest BCUT2D eigenvalue weighted by atomic mass is 79.9. The fourth-order valence-electron chi connectivity index (χ4n) is 1.75. The summed E-state index contributed by atoms with van der Waals surface area (Å²) in [5, 5.41) is 21.3. The van der Waals surface area contributed by atoms with Gasteiger partial charge in [-0.2, -0.15) is 0 Å². The SMILES string of the molecule is Cc1c(Br)cccc1NC(=O)N(C)CC(C)(CO)CO. The van der Waals surface area contributed by atoms with Crippen molar-refractivity contribution < 1.29 is 15.0 Å². The number of aliphatic hydroxyl groups excluding tert-OH is 2. The Labute approximate surface area is 127 Å². The average Bonchev–Trinajstić information content (AvgIpc) is 2.43. The van der Waals surface area contributed by atoms with Crippen LogP contribution in [0.5, 0.6) is 0 Å². The molecule has 0 spiro atoms. The predicted molar refractivity (Wildman–Crippen MR) is 82.8 cm³/mol. The number of urea groups is 1. The summed E-state index contributed by atoms with van der Waals surface area (Å²) in [5.74, 6) is 0. The van der Waals surface area contributed by atoms with E-state index in [0.29, 0.717) is 0 Å². The molecule has 20 heavy (non-hydrogen) atoms. The first-order valence-electron chi connectivity index (χ1n) is 6.32. The Bertz CT molecular complexity index is 475. The molecule has 6 heteroatoms. The first kappa shape index (κ1) is 16.9. The van der Waals surface area contributed by atoms with Crippen LogP contribution in [0.2, 0.25) is 0 Å². The molecule has 0 aliphatic carbocycles. The van der Waals surface area contributed by atoms with Gasteiger partial charge < -0.3 is 20.4 Å². The van der Waals surface area contributed by atoms with Crippen molar-refractivity contribution in [3.8, 4) is 0 Å². The summed E-state index contributed by atoms with van der Waals surface area (Å²) in [6, 6.07) is 5.30. The van der Waals surface area contributed by atoms with Crippen LogP contribution in [-0.2, 0) is 0 Å². The van der Waals surface area contributed by atoms with E-state index in [1.807, 2.05) is 25.1 Å². The van der Waals surface area contributed by atoms with Crippen molar-refractivity contribution in [2.45, 2.75) is 13.8 Å². The van der Waals surface area contributed by atoms with Gasteiger partial charge in [0.25, 0.3) is 0 Å². The number of nitrogens with one attached hydrogen (secondary N) is 1. The normalized spacial score (nSPS) is 11.3. The van der Waals surface area contributed by atoms with Gasteiger partial charge in [-0.25, -0.2) is 4.79 Å². The fraction of sp³-hybridized carbons (Fsp3) is 0.500. The lowest BCUT2D eigenvalue weighted by Gasteiger charge is -2.30. The molecule has 2 amide bonds. The van der Waals surface area contributed by atoms with Gasteiger partial charge in [0.1, 0.15) is 0 Å². The quantitative estimate of drug-likeness (QED) is 0.766. The van der Waals surface area contributed by atoms with Gasteiger partial charge in [0.2, 0.25) is 0 Å². The molecule has 0 heterocycles. The maximum atomic E-state index is 12.1. The highest BCUT2D eigenvalue weighted by molar-refractivity contribution is 9.10. The molecule has 0 aromatic heterocycles. The van der Waals surface area contributed by atoms with E-state index >= 15 is 0 Å². The predicted octanol–water partition coefficient (Wildman–Crippen LogP) is 2.21. The summed E-state index contributed by atoms with van der Waals surface area (Å²) in [6.07, 6.45) is 0. The van der Waals surface area contributed by atoms with Crippen LogP contribution >= 0.6 is 15.9 Å². The molecule has 0 bridgehead atoms. The molecule has 0 saturated carbocycles. The zero-order valence-corrected chi connectivity index (χ0v) is 13.6. The van der Waals surface area contributed by atoms with Crippen LogP contribution in [0, 0.1) is 12.3 Å². The smallest absolute Gasteiger partial charge is 0.321 e. The van der Waals surface area contributed by atoms with Crippen LogP contribution in [-0.4, -0.2) is 48.0 Å². The molecule has 3 N–H and O–H groups in total. The zero-order valence-electron chi connectivity index (χ0n) is 12.0. The second kappa shape index (κ2) is 7.06. The van der Waals surface area contributed by atoms with E-state index in [0.717, 1.165) is 15.7 Å². The topological polar surface area (TPSA) is 72.8 Å². The van der Waals surface area contributed by atoms with Crippen molar-refractivity contribution in [1.82, 2.24) is 4.90 Å². The summed E-state index contributed by atoms with van der Waals surface area (Å²) in [5.41, 5.74) is 0.963. The standard InChI is InChI=1S/C14H21BrN2O3/c1-10-11(15)5-4-6-12(10)16-13(20)17(3)7-14(2,8-18)9-19/h4-6,18-19H,7-9H2,1-3H3,(H,16,20). The number of rotatable bonds is 5. The second-order valence-electron chi connectivity index (χ2n) is 5.33. The van der Waals surface area contributed by atoms with E-state index in [1.165, 1.54) is 4.90 Å². The van der Waals surface area contributed by atoms with Gasteiger partial charge in [-0.05, 0) is 24.6 Å². The number of anilines is 1. The first-order valence-corrected chi connectivity index (χ1v) is 7.11. The third-order valence-corrected chi connectivity index (χ3v) is 4.10. The molecule has 1 rings (SSSR count). The number of hydrogen-bond acceptors (Lipinski definition) is 3. The minimum absolute atomic E-state index is 0.183. The van der Waals surface area contributed by atoms with Gasteiger partial charge in [0.05, 0.1) is 13.2 Å². The number of carbonyl (C=O) groups is 1. The van der Waals surface area contributed by atoms with Crippen molar-refractivity contribution in [1.29, 1.82) is 0 Å². The molecule has 0 saturated heterocycles. The van der Waals surface area contributed by atoms with Gasteiger partial charge in [-0.1, -0.05) is 28.9 Å². The van der Waals surface area contributed by atoms with Gasteiger partial charge >= 0.3 is 6.03 Å². The third-order valence-electron chi connectivity index (χ3n) is 3.24. The van der Waals surface area contributed by atoms with Gasteiger partial charge in [0.15, 0.2) is 0 Å². The summed E-state index contributed by atoms with van der Waals surface area (Å²) in [6.45, 7) is 3.53. The maximum Gasteiger partial charge on any atom is 0.321 e. The van der Waals surface area contributed by atoms with E-state index in [-0.39, 0.29) is 25.8 Å². The van der Waals surface area contributed by atoms with Crippen LogP contribution in [0.15, 0.2) is 22.7 Å². The third kappa shape index (κ3) is 4.19. The fourth-order valence-corrected chi connectivity index (χ4v) is 2.11. The lowest BCUT2D eigenvalue weighted by atomic mass is 9.92. The molecule has 0 atom stereocenters. The molecule has 5 nitrogen and oxygen atoms in total. The molecule has 0 radical (unpaired) electrons. The van der Waals surface area contributed by atoms with Gasteiger partial charge in [0, 0.05) is 29.2 Å². The Morgan fingerprint density at radius 3 is 2.55 bits per heavy atom. The van der Waals surface area contributed by atoms with E-state index in [4.69, 9.17) is 0 Å². The Kier molecular flexibility index (Phi) is 5.98. The second-order valence-corrected chi connectivity index (χ2v) is 6.18. The zero-order chi connectivity index (χ0) is 15.3. The maximum absolute atomic E-state index is 12.1. The highest BCUT2D eigenvalue weighted by Gasteiger charge is 2.26. The minimum Gasteiger partial charge on any atom is -0.396 e. The molecule has 0 unspecified atom stereocenters. The van der Waals surface area contributed by atoms with E-state index in [2.05, 4.69) is 21.2 Å². The lowest BCUT2D eigenvalue weighted by Crippen LogP contribution is -2.43. The van der Waals surface area contributed by atoms with E-state index in [1.54, 1.807) is 14.0 Å². The van der Waals surface area contributed by atoms with Crippen molar-refractivity contribution in [2.24, 2.45) is 5.41 Å². The monoisotopic (exact) mass is 344 g/mol. The van der Waals surface area contributed by atoms with Crippen LogP contribution < -0.4 is 5.32 Å². The molecule has 1 aromatic rings. The summed E-state index contributed by atoms with van der Waals surface area (Å²) in [4.78, 5) is 13.6. The van der Waals surface area contributed by atoms with E-state index in [9.17, 15) is 15.0 Å². The highest BCUT2D eigenvalue weighted by Crippen LogP contribution is 2.24. The summed E-state index contributed by atoms with van der Waals surface area (Å²) >= 11 is 3.41. The molecule has 0 aliphatic heterocycles. The molecule has 0 aliphatic rings. The number of halogens is 1. The lowest BCUT2D eigenvalue weighted by molar-refractivity contribution is 0.0509. The number of carbonyl (C=O) groups excluding carboxylic acids is 1. The number of hydrogen-bond donors (Lipinski definition) is 3. The van der Waals surface area contributed by atoms with Crippen molar-refractivity contribution in [2.75, 3.05) is 32.1 Å². The largest absolute Gasteiger partial charge is 0.396 e. The molecule has 112 valence electrons. The van der Waals surface area contributed by atoms with Gasteiger partial charge in [-0.15, -0.1) is 0 Å². The number of nitrogens with zero attached hydrogens (tertiary/aromatic N) is 1. The molecular formula is C14H21BrN2O3. The van der Waals surface area contributed by atoms with Crippen molar-refractivity contribution in [3.05, 3.63) is 28.2 Å². The number of amides is 2. The van der Waals surface area contributed by atoms with Crippen LogP contribution in [0.3, 0.4) is 0 Å². The Balaban J connectivity index is 2.73. The Morgan fingerprint density at radius 1 is 1.40 bits per heavy atom.